The monoisotopic (exact) mass is 370 g/mol. The molecule has 0 aliphatic carbocycles. The predicted molar refractivity (Wildman–Crippen MR) is 94.3 cm³/mol. The van der Waals surface area contributed by atoms with Crippen LogP contribution < -0.4 is 10.9 Å². The Morgan fingerprint density at radius 2 is 2.23 bits per heavy atom. The second kappa shape index (κ2) is 6.60. The summed E-state index contributed by atoms with van der Waals surface area (Å²) in [6, 6.07) is 6.46. The van der Waals surface area contributed by atoms with Gasteiger partial charge in [-0.3, -0.25) is 14.0 Å². The van der Waals surface area contributed by atoms with E-state index in [2.05, 4.69) is 15.5 Å². The van der Waals surface area contributed by atoms with Crippen LogP contribution in [0.3, 0.4) is 0 Å². The number of thiazole rings is 1. The lowest BCUT2D eigenvalue weighted by atomic mass is 10.3. The number of aryl methyl sites for hydroxylation is 1. The molecule has 9 heteroatoms. The molecule has 0 aromatic carbocycles. The van der Waals surface area contributed by atoms with Crippen molar-refractivity contribution in [2.45, 2.75) is 13.3 Å². The number of hydrogen-bond donors (Lipinski definition) is 1. The molecular weight excluding hydrogens is 356 g/mol. The first-order chi connectivity index (χ1) is 12.6. The minimum atomic E-state index is -0.354. The SMILES string of the molecule is Cc1cc(=O)n2c(CCNC(=O)c3cc(-c4ccco4)on3)csc2n1. The van der Waals surface area contributed by atoms with Crippen molar-refractivity contribution in [2.24, 2.45) is 0 Å². The number of nitrogens with zero attached hydrogens (tertiary/aromatic N) is 3. The van der Waals surface area contributed by atoms with Gasteiger partial charge in [0.05, 0.1) is 6.26 Å². The van der Waals surface area contributed by atoms with E-state index < -0.39 is 0 Å². The molecule has 0 aliphatic rings. The number of carbonyl (C=O) groups excluding carboxylic acids is 1. The Balaban J connectivity index is 1.42. The minimum absolute atomic E-state index is 0.116. The van der Waals surface area contributed by atoms with Crippen LogP contribution in [-0.4, -0.2) is 27.0 Å². The first-order valence-electron chi connectivity index (χ1n) is 7.87. The molecule has 26 heavy (non-hydrogen) atoms. The molecule has 1 N–H and O–H groups in total. The van der Waals surface area contributed by atoms with Gasteiger partial charge in [0.2, 0.25) is 5.76 Å². The Labute approximate surface area is 151 Å². The van der Waals surface area contributed by atoms with E-state index in [0.717, 1.165) is 5.69 Å². The molecule has 8 nitrogen and oxygen atoms in total. The van der Waals surface area contributed by atoms with E-state index in [1.165, 1.54) is 29.7 Å². The highest BCUT2D eigenvalue weighted by Gasteiger charge is 2.15. The molecule has 0 saturated heterocycles. The second-order valence-corrected chi connectivity index (χ2v) is 6.48. The van der Waals surface area contributed by atoms with Gasteiger partial charge in [-0.25, -0.2) is 4.98 Å². The summed E-state index contributed by atoms with van der Waals surface area (Å²) in [6.45, 7) is 2.14. The van der Waals surface area contributed by atoms with Crippen molar-refractivity contribution in [2.75, 3.05) is 6.54 Å². The van der Waals surface area contributed by atoms with Gasteiger partial charge < -0.3 is 14.3 Å². The second-order valence-electron chi connectivity index (χ2n) is 5.64. The average Bonchev–Trinajstić information content (AvgIpc) is 3.34. The van der Waals surface area contributed by atoms with E-state index in [0.29, 0.717) is 35.1 Å². The smallest absolute Gasteiger partial charge is 0.273 e. The van der Waals surface area contributed by atoms with Crippen molar-refractivity contribution in [3.63, 3.8) is 0 Å². The Hall–Kier alpha value is -3.20. The summed E-state index contributed by atoms with van der Waals surface area (Å²) in [7, 11) is 0. The summed E-state index contributed by atoms with van der Waals surface area (Å²) in [5.41, 5.74) is 1.55. The predicted octanol–water partition coefficient (Wildman–Crippen LogP) is 2.28. The van der Waals surface area contributed by atoms with Crippen molar-refractivity contribution in [1.82, 2.24) is 19.9 Å². The number of furan rings is 1. The van der Waals surface area contributed by atoms with Crippen LogP contribution in [0, 0.1) is 6.92 Å². The van der Waals surface area contributed by atoms with E-state index >= 15 is 0 Å². The molecule has 4 rings (SSSR count). The highest BCUT2D eigenvalue weighted by molar-refractivity contribution is 7.15. The van der Waals surface area contributed by atoms with Crippen molar-refractivity contribution < 1.29 is 13.7 Å². The van der Waals surface area contributed by atoms with Gasteiger partial charge in [-0.15, -0.1) is 11.3 Å². The number of hydrogen-bond acceptors (Lipinski definition) is 7. The molecule has 0 saturated carbocycles. The van der Waals surface area contributed by atoms with E-state index in [9.17, 15) is 9.59 Å². The van der Waals surface area contributed by atoms with Gasteiger partial charge in [-0.05, 0) is 19.1 Å². The van der Waals surface area contributed by atoms with Crippen LogP contribution in [0.1, 0.15) is 21.9 Å². The fraction of sp³-hybridized carbons (Fsp3) is 0.176. The molecule has 0 spiro atoms. The highest BCUT2D eigenvalue weighted by atomic mass is 32.1. The van der Waals surface area contributed by atoms with Crippen LogP contribution in [0.15, 0.2) is 49.6 Å². The van der Waals surface area contributed by atoms with Crippen LogP contribution in [0.25, 0.3) is 16.5 Å². The summed E-state index contributed by atoms with van der Waals surface area (Å²) < 4.78 is 11.9. The quantitative estimate of drug-likeness (QED) is 0.578. The molecule has 0 aliphatic heterocycles. The lowest BCUT2D eigenvalue weighted by Crippen LogP contribution is -2.27. The number of nitrogens with one attached hydrogen (secondary N) is 1. The molecular formula is C17H14N4O4S. The topological polar surface area (TPSA) is 103 Å². The summed E-state index contributed by atoms with van der Waals surface area (Å²) >= 11 is 1.40. The van der Waals surface area contributed by atoms with Gasteiger partial charge in [-0.1, -0.05) is 5.16 Å². The van der Waals surface area contributed by atoms with E-state index in [1.807, 2.05) is 5.38 Å². The average molecular weight is 370 g/mol. The molecule has 0 atom stereocenters. The zero-order chi connectivity index (χ0) is 18.1. The first kappa shape index (κ1) is 16.3. The molecule has 132 valence electrons. The summed E-state index contributed by atoms with van der Waals surface area (Å²) in [4.78, 5) is 29.3. The lowest BCUT2D eigenvalue weighted by Gasteiger charge is -2.03. The first-order valence-corrected chi connectivity index (χ1v) is 8.75. The molecule has 0 radical (unpaired) electrons. The fourth-order valence-corrected chi connectivity index (χ4v) is 3.54. The zero-order valence-electron chi connectivity index (χ0n) is 13.8. The summed E-state index contributed by atoms with van der Waals surface area (Å²) in [6.07, 6.45) is 2.01. The normalized spacial score (nSPS) is 11.1. The van der Waals surface area contributed by atoms with E-state index in [-0.39, 0.29) is 17.2 Å². The largest absolute Gasteiger partial charge is 0.461 e. The molecule has 4 aromatic heterocycles. The molecule has 4 aromatic rings. The number of carbonyl (C=O) groups is 1. The fourth-order valence-electron chi connectivity index (χ4n) is 2.57. The Morgan fingerprint density at radius 1 is 1.35 bits per heavy atom. The van der Waals surface area contributed by atoms with E-state index in [1.54, 1.807) is 23.5 Å². The van der Waals surface area contributed by atoms with E-state index in [4.69, 9.17) is 8.94 Å². The maximum Gasteiger partial charge on any atom is 0.273 e. The third-order valence-electron chi connectivity index (χ3n) is 3.78. The van der Waals surface area contributed by atoms with Crippen molar-refractivity contribution in [1.29, 1.82) is 0 Å². The lowest BCUT2D eigenvalue weighted by molar-refractivity contribution is 0.0945. The molecule has 1 amide bonds. The van der Waals surface area contributed by atoms with Gasteiger partial charge in [0, 0.05) is 41.9 Å². The standard InChI is InChI=1S/C17H14N4O4S/c1-10-7-15(22)21-11(9-26-17(21)19-10)4-5-18-16(23)12-8-14(25-20-12)13-3-2-6-24-13/h2-3,6-9H,4-5H2,1H3,(H,18,23). The third kappa shape index (κ3) is 3.04. The van der Waals surface area contributed by atoms with Gasteiger partial charge >= 0.3 is 0 Å². The van der Waals surface area contributed by atoms with Gasteiger partial charge in [0.15, 0.2) is 16.4 Å². The van der Waals surface area contributed by atoms with Crippen LogP contribution in [0.2, 0.25) is 0 Å². The molecule has 4 heterocycles. The molecule has 0 fully saturated rings. The zero-order valence-corrected chi connectivity index (χ0v) is 14.6. The Bertz CT molecular complexity index is 1120. The minimum Gasteiger partial charge on any atom is -0.461 e. The number of fused-ring (bicyclic) bond motifs is 1. The Kier molecular flexibility index (Phi) is 4.13. The van der Waals surface area contributed by atoms with Crippen LogP contribution in [-0.2, 0) is 6.42 Å². The highest BCUT2D eigenvalue weighted by Crippen LogP contribution is 2.20. The van der Waals surface area contributed by atoms with Crippen molar-refractivity contribution in [3.05, 3.63) is 63.3 Å². The summed E-state index contributed by atoms with van der Waals surface area (Å²) in [5.74, 6) is 0.535. The van der Waals surface area contributed by atoms with Gasteiger partial charge in [-0.2, -0.15) is 0 Å². The van der Waals surface area contributed by atoms with Gasteiger partial charge in [0.1, 0.15) is 0 Å². The number of rotatable bonds is 5. The third-order valence-corrected chi connectivity index (χ3v) is 4.65. The van der Waals surface area contributed by atoms with Gasteiger partial charge in [0.25, 0.3) is 11.5 Å². The molecule has 0 unspecified atom stereocenters. The van der Waals surface area contributed by atoms with Crippen LogP contribution in [0.4, 0.5) is 0 Å². The molecule has 0 bridgehead atoms. The maximum atomic E-state index is 12.2. The Morgan fingerprint density at radius 3 is 3.04 bits per heavy atom. The van der Waals surface area contributed by atoms with Crippen molar-refractivity contribution >= 4 is 22.2 Å². The maximum absolute atomic E-state index is 12.2. The number of amides is 1. The summed E-state index contributed by atoms with van der Waals surface area (Å²) in [5, 5.41) is 8.39. The van der Waals surface area contributed by atoms with Crippen LogP contribution in [0.5, 0.6) is 0 Å². The van der Waals surface area contributed by atoms with Crippen molar-refractivity contribution in [3.8, 4) is 11.5 Å². The van der Waals surface area contributed by atoms with Crippen LogP contribution >= 0.6 is 11.3 Å². The number of aromatic nitrogens is 3.